The molecule has 0 aliphatic rings. The van der Waals surface area contributed by atoms with Gasteiger partial charge >= 0.3 is 0 Å². The van der Waals surface area contributed by atoms with E-state index in [4.69, 9.17) is 9.47 Å². The number of methoxy groups -OCH3 is 2. The lowest BCUT2D eigenvalue weighted by Gasteiger charge is -2.18. The van der Waals surface area contributed by atoms with Gasteiger partial charge in [0.25, 0.3) is 0 Å². The van der Waals surface area contributed by atoms with E-state index in [0.717, 1.165) is 0 Å². The Balaban J connectivity index is 3.43. The summed E-state index contributed by atoms with van der Waals surface area (Å²) in [5.74, 6) is 0.918. The first kappa shape index (κ1) is 15.2. The second-order valence-corrected chi connectivity index (χ2v) is 6.14. The van der Waals surface area contributed by atoms with Gasteiger partial charge in [-0.25, -0.2) is 8.42 Å². The standard InChI is InChI=1S/C11H18NO4PS/c1-8-5-9(15-3)10(16-4)6-11(8)18(13,14)12(2)7-17/h5-6H,7,17H2,1-4H3. The number of hydrogen-bond acceptors (Lipinski definition) is 4. The molecule has 1 aromatic rings. The van der Waals surface area contributed by atoms with Crippen molar-refractivity contribution in [2.45, 2.75) is 11.8 Å². The molecule has 1 rings (SSSR count). The van der Waals surface area contributed by atoms with E-state index in [1.807, 2.05) is 0 Å². The number of ether oxygens (including phenoxy) is 2. The summed E-state index contributed by atoms with van der Waals surface area (Å²) >= 11 is 0. The molecule has 0 aliphatic carbocycles. The van der Waals surface area contributed by atoms with Crippen LogP contribution in [-0.2, 0) is 10.0 Å². The van der Waals surface area contributed by atoms with E-state index in [2.05, 4.69) is 9.24 Å². The Hall–Kier alpha value is -0.840. The minimum Gasteiger partial charge on any atom is -0.493 e. The summed E-state index contributed by atoms with van der Waals surface area (Å²) in [4.78, 5) is 0.227. The predicted molar refractivity (Wildman–Crippen MR) is 73.8 cm³/mol. The van der Waals surface area contributed by atoms with Crippen LogP contribution in [0.5, 0.6) is 11.5 Å². The van der Waals surface area contributed by atoms with Crippen LogP contribution < -0.4 is 9.47 Å². The summed E-state index contributed by atoms with van der Waals surface area (Å²) in [6.45, 7) is 1.73. The highest BCUT2D eigenvalue weighted by atomic mass is 32.2. The van der Waals surface area contributed by atoms with Gasteiger partial charge in [0.15, 0.2) is 11.5 Å². The lowest BCUT2D eigenvalue weighted by atomic mass is 10.2. The molecule has 0 saturated carbocycles. The monoisotopic (exact) mass is 291 g/mol. The average molecular weight is 291 g/mol. The number of sulfonamides is 1. The van der Waals surface area contributed by atoms with Gasteiger partial charge in [0, 0.05) is 19.4 Å². The Bertz CT molecular complexity index is 530. The van der Waals surface area contributed by atoms with Gasteiger partial charge in [-0.05, 0) is 18.6 Å². The fourth-order valence-electron chi connectivity index (χ4n) is 1.51. The van der Waals surface area contributed by atoms with Crippen molar-refractivity contribution in [2.75, 3.05) is 27.6 Å². The molecule has 0 saturated heterocycles. The predicted octanol–water partition coefficient (Wildman–Crippen LogP) is 1.47. The van der Waals surface area contributed by atoms with Crippen molar-refractivity contribution in [3.05, 3.63) is 17.7 Å². The first-order valence-corrected chi connectivity index (χ1v) is 7.53. The molecule has 18 heavy (non-hydrogen) atoms. The van der Waals surface area contributed by atoms with Crippen molar-refractivity contribution in [2.24, 2.45) is 0 Å². The van der Waals surface area contributed by atoms with Crippen molar-refractivity contribution in [1.29, 1.82) is 0 Å². The molecule has 0 radical (unpaired) electrons. The molecular weight excluding hydrogens is 273 g/mol. The van der Waals surface area contributed by atoms with Crippen LogP contribution in [0.2, 0.25) is 0 Å². The number of benzene rings is 1. The van der Waals surface area contributed by atoms with Gasteiger partial charge in [-0.3, -0.25) is 0 Å². The van der Waals surface area contributed by atoms with E-state index in [1.54, 1.807) is 13.0 Å². The van der Waals surface area contributed by atoms with Crippen molar-refractivity contribution >= 4 is 19.3 Å². The highest BCUT2D eigenvalue weighted by Gasteiger charge is 2.23. The molecule has 0 bridgehead atoms. The Morgan fingerprint density at radius 3 is 2.17 bits per heavy atom. The third kappa shape index (κ3) is 2.76. The summed E-state index contributed by atoms with van der Waals surface area (Å²) in [7, 11) is 3.40. The van der Waals surface area contributed by atoms with Crippen LogP contribution in [-0.4, -0.2) is 40.3 Å². The van der Waals surface area contributed by atoms with Crippen LogP contribution in [0.4, 0.5) is 0 Å². The zero-order valence-corrected chi connectivity index (χ0v) is 12.9. The third-order valence-electron chi connectivity index (χ3n) is 2.63. The smallest absolute Gasteiger partial charge is 0.243 e. The van der Waals surface area contributed by atoms with Crippen molar-refractivity contribution in [1.82, 2.24) is 4.31 Å². The molecule has 0 aromatic heterocycles. The fourth-order valence-corrected chi connectivity index (χ4v) is 3.35. The van der Waals surface area contributed by atoms with Gasteiger partial charge in [-0.15, -0.1) is 9.24 Å². The normalized spacial score (nSPS) is 11.7. The van der Waals surface area contributed by atoms with E-state index in [9.17, 15) is 8.42 Å². The molecule has 1 aromatic carbocycles. The first-order valence-electron chi connectivity index (χ1n) is 5.27. The summed E-state index contributed by atoms with van der Waals surface area (Å²) in [5, 5.41) is 0. The van der Waals surface area contributed by atoms with Crippen molar-refractivity contribution in [3.63, 3.8) is 0 Å². The Morgan fingerprint density at radius 2 is 1.72 bits per heavy atom. The quantitative estimate of drug-likeness (QED) is 0.771. The van der Waals surface area contributed by atoms with Crippen LogP contribution >= 0.6 is 9.24 Å². The molecule has 7 heteroatoms. The van der Waals surface area contributed by atoms with Crippen LogP contribution in [0, 0.1) is 6.92 Å². The number of rotatable bonds is 5. The maximum atomic E-state index is 12.3. The first-order chi connectivity index (χ1) is 8.38. The van der Waals surface area contributed by atoms with Gasteiger partial charge in [0.05, 0.1) is 19.1 Å². The summed E-state index contributed by atoms with van der Waals surface area (Å²) in [5.41, 5.74) is 0.623. The minimum atomic E-state index is -3.50. The SMILES string of the molecule is COc1cc(C)c(S(=O)(=O)N(C)CP)cc1OC. The molecule has 0 spiro atoms. The molecule has 0 fully saturated rings. The Morgan fingerprint density at radius 1 is 1.22 bits per heavy atom. The van der Waals surface area contributed by atoms with Crippen LogP contribution in [0.1, 0.15) is 5.56 Å². The van der Waals surface area contributed by atoms with E-state index in [0.29, 0.717) is 23.3 Å². The number of hydrogen-bond donors (Lipinski definition) is 0. The largest absolute Gasteiger partial charge is 0.493 e. The summed E-state index contributed by atoms with van der Waals surface area (Å²) < 4.78 is 36.1. The van der Waals surface area contributed by atoms with Gasteiger partial charge in [0.2, 0.25) is 10.0 Å². The van der Waals surface area contributed by atoms with Crippen molar-refractivity contribution < 1.29 is 17.9 Å². The lowest BCUT2D eigenvalue weighted by molar-refractivity contribution is 0.353. The highest BCUT2D eigenvalue weighted by molar-refractivity contribution is 7.89. The van der Waals surface area contributed by atoms with Gasteiger partial charge in [-0.1, -0.05) is 0 Å². The molecule has 0 N–H and O–H groups in total. The Labute approximate surface area is 110 Å². The van der Waals surface area contributed by atoms with Gasteiger partial charge in [-0.2, -0.15) is 4.31 Å². The van der Waals surface area contributed by atoms with E-state index < -0.39 is 10.0 Å². The molecule has 0 heterocycles. The zero-order valence-electron chi connectivity index (χ0n) is 10.9. The van der Waals surface area contributed by atoms with Crippen molar-refractivity contribution in [3.8, 4) is 11.5 Å². The lowest BCUT2D eigenvalue weighted by Crippen LogP contribution is -2.26. The average Bonchev–Trinajstić information content (AvgIpc) is 2.36. The van der Waals surface area contributed by atoms with Crippen LogP contribution in [0.15, 0.2) is 17.0 Å². The van der Waals surface area contributed by atoms with Gasteiger partial charge in [0.1, 0.15) is 0 Å². The fraction of sp³-hybridized carbons (Fsp3) is 0.455. The molecular formula is C11H18NO4PS. The maximum absolute atomic E-state index is 12.3. The summed E-state index contributed by atoms with van der Waals surface area (Å²) in [6, 6.07) is 3.14. The third-order valence-corrected chi connectivity index (χ3v) is 5.40. The Kier molecular flexibility index (Phi) is 4.96. The molecule has 0 amide bonds. The topological polar surface area (TPSA) is 55.8 Å². The number of aryl methyl sites for hydroxylation is 1. The van der Waals surface area contributed by atoms with E-state index in [-0.39, 0.29) is 4.90 Å². The van der Waals surface area contributed by atoms with E-state index in [1.165, 1.54) is 31.6 Å². The molecule has 0 aliphatic heterocycles. The molecule has 1 unspecified atom stereocenters. The van der Waals surface area contributed by atoms with Crippen LogP contribution in [0.25, 0.3) is 0 Å². The summed E-state index contributed by atoms with van der Waals surface area (Å²) in [6.07, 6.45) is 0.329. The zero-order chi connectivity index (χ0) is 13.9. The molecule has 5 nitrogen and oxygen atoms in total. The number of nitrogens with zero attached hydrogens (tertiary/aromatic N) is 1. The second kappa shape index (κ2) is 5.87. The van der Waals surface area contributed by atoms with E-state index >= 15 is 0 Å². The van der Waals surface area contributed by atoms with Crippen LogP contribution in [0.3, 0.4) is 0 Å². The maximum Gasteiger partial charge on any atom is 0.243 e. The minimum absolute atomic E-state index is 0.227. The molecule has 1 atom stereocenters. The molecule has 102 valence electrons. The van der Waals surface area contributed by atoms with Gasteiger partial charge < -0.3 is 9.47 Å². The second-order valence-electron chi connectivity index (χ2n) is 3.76. The highest BCUT2D eigenvalue weighted by Crippen LogP contribution is 2.33.